The Morgan fingerprint density at radius 1 is 0.774 bits per heavy atom. The number of hydrogen-bond acceptors (Lipinski definition) is 5. The van der Waals surface area contributed by atoms with Gasteiger partial charge in [0, 0.05) is 0 Å². The number of carbonyl (C=O) groups excluding carboxylic acids is 1. The summed E-state index contributed by atoms with van der Waals surface area (Å²) in [6.45, 7) is 0.327. The maximum Gasteiger partial charge on any atom is 0.404 e. The Labute approximate surface area is 182 Å². The van der Waals surface area contributed by atoms with Crippen LogP contribution in [0.3, 0.4) is 0 Å². The molecule has 0 aromatic heterocycles. The second-order valence-electron chi connectivity index (χ2n) is 6.99. The third-order valence-electron chi connectivity index (χ3n) is 4.82. The quantitative estimate of drug-likeness (QED) is 0.365. The number of aliphatic hydroxyl groups is 1. The van der Waals surface area contributed by atoms with Gasteiger partial charge in [0.1, 0.15) is 18.3 Å². The van der Waals surface area contributed by atoms with Crippen LogP contribution in [0.2, 0.25) is 0 Å². The maximum atomic E-state index is 10.6. The van der Waals surface area contributed by atoms with Gasteiger partial charge in [0.15, 0.2) is 0 Å². The summed E-state index contributed by atoms with van der Waals surface area (Å²) >= 11 is 0. The minimum Gasteiger partial charge on any atom is -0.447 e. The van der Waals surface area contributed by atoms with Crippen molar-refractivity contribution in [2.24, 2.45) is 5.73 Å². The molecule has 6 nitrogen and oxygen atoms in total. The Bertz CT molecular complexity index is 822. The van der Waals surface area contributed by atoms with Crippen LogP contribution in [0.15, 0.2) is 91.0 Å². The highest BCUT2D eigenvalue weighted by molar-refractivity contribution is 5.64. The Hall–Kier alpha value is -3.19. The Kier molecular flexibility index (Phi) is 8.18. The standard InChI is InChI=1S/C25H27NO5/c26-24(28)30-19-23(27)18-29-16-17-31-25(20-10-4-1-5-11-20,21-12-6-2-7-13-21)22-14-8-3-9-15-22/h1-15,23,27H,16-19H2,(H2,26,28). The maximum absolute atomic E-state index is 10.6. The van der Waals surface area contributed by atoms with Gasteiger partial charge in [-0.3, -0.25) is 0 Å². The fraction of sp³-hybridized carbons (Fsp3) is 0.240. The number of amides is 1. The van der Waals surface area contributed by atoms with Crippen LogP contribution in [-0.2, 0) is 19.8 Å². The van der Waals surface area contributed by atoms with Crippen molar-refractivity contribution in [1.29, 1.82) is 0 Å². The molecule has 3 rings (SSSR count). The van der Waals surface area contributed by atoms with E-state index in [0.717, 1.165) is 16.7 Å². The number of nitrogens with two attached hydrogens (primary N) is 1. The van der Waals surface area contributed by atoms with E-state index in [2.05, 4.69) is 4.74 Å². The molecule has 0 fully saturated rings. The number of benzene rings is 3. The number of aliphatic hydroxyl groups excluding tert-OH is 1. The molecule has 1 atom stereocenters. The van der Waals surface area contributed by atoms with Crippen molar-refractivity contribution in [1.82, 2.24) is 0 Å². The highest BCUT2D eigenvalue weighted by Gasteiger charge is 2.37. The van der Waals surface area contributed by atoms with Gasteiger partial charge in [-0.2, -0.15) is 0 Å². The van der Waals surface area contributed by atoms with Crippen LogP contribution < -0.4 is 5.73 Å². The lowest BCUT2D eigenvalue weighted by molar-refractivity contribution is -0.0470. The molecule has 1 unspecified atom stereocenters. The number of ether oxygens (including phenoxy) is 3. The molecule has 3 N–H and O–H groups in total. The summed E-state index contributed by atoms with van der Waals surface area (Å²) in [6.07, 6.45) is -1.88. The molecule has 0 saturated heterocycles. The molecule has 0 bridgehead atoms. The third-order valence-corrected chi connectivity index (χ3v) is 4.82. The SMILES string of the molecule is NC(=O)OCC(O)COCCOC(c1ccccc1)(c1ccccc1)c1ccccc1. The van der Waals surface area contributed by atoms with Crippen LogP contribution in [-0.4, -0.2) is 43.7 Å². The van der Waals surface area contributed by atoms with E-state index < -0.39 is 17.8 Å². The van der Waals surface area contributed by atoms with E-state index in [-0.39, 0.29) is 26.4 Å². The average Bonchev–Trinajstić information content (AvgIpc) is 2.82. The van der Waals surface area contributed by atoms with Crippen molar-refractivity contribution in [2.75, 3.05) is 26.4 Å². The van der Waals surface area contributed by atoms with Gasteiger partial charge in [0.05, 0.1) is 19.8 Å². The van der Waals surface area contributed by atoms with Crippen molar-refractivity contribution in [2.45, 2.75) is 11.7 Å². The molecule has 0 aliphatic carbocycles. The van der Waals surface area contributed by atoms with Crippen molar-refractivity contribution < 1.29 is 24.1 Å². The fourth-order valence-electron chi connectivity index (χ4n) is 3.47. The topological polar surface area (TPSA) is 91.0 Å². The van der Waals surface area contributed by atoms with Gasteiger partial charge in [0.25, 0.3) is 0 Å². The minimum absolute atomic E-state index is 0.00561. The van der Waals surface area contributed by atoms with E-state index in [1.54, 1.807) is 0 Å². The molecule has 31 heavy (non-hydrogen) atoms. The summed E-state index contributed by atoms with van der Waals surface area (Å²) in [7, 11) is 0. The summed E-state index contributed by atoms with van der Waals surface area (Å²) in [5.74, 6) is 0. The second kappa shape index (κ2) is 11.3. The van der Waals surface area contributed by atoms with Gasteiger partial charge in [-0.15, -0.1) is 0 Å². The molecule has 3 aromatic carbocycles. The lowest BCUT2D eigenvalue weighted by Gasteiger charge is -2.36. The monoisotopic (exact) mass is 421 g/mol. The summed E-state index contributed by atoms with van der Waals surface area (Å²) in [6, 6.07) is 30.2. The highest BCUT2D eigenvalue weighted by atomic mass is 16.6. The molecule has 3 aromatic rings. The first-order valence-electron chi connectivity index (χ1n) is 10.1. The first-order valence-corrected chi connectivity index (χ1v) is 10.1. The number of primary amides is 1. The van der Waals surface area contributed by atoms with E-state index in [1.165, 1.54) is 0 Å². The lowest BCUT2D eigenvalue weighted by Crippen LogP contribution is -2.34. The van der Waals surface area contributed by atoms with Gasteiger partial charge in [-0.05, 0) is 16.7 Å². The Balaban J connectivity index is 1.79. The number of carbonyl (C=O) groups is 1. The molecule has 0 heterocycles. The Morgan fingerprint density at radius 3 is 1.65 bits per heavy atom. The molecule has 0 spiro atoms. The van der Waals surface area contributed by atoms with Gasteiger partial charge >= 0.3 is 6.09 Å². The van der Waals surface area contributed by atoms with Crippen LogP contribution in [0.5, 0.6) is 0 Å². The zero-order chi connectivity index (χ0) is 21.9. The molecule has 0 saturated carbocycles. The molecule has 0 aliphatic rings. The highest BCUT2D eigenvalue weighted by Crippen LogP contribution is 2.40. The van der Waals surface area contributed by atoms with E-state index in [0.29, 0.717) is 0 Å². The molecular formula is C25H27NO5. The zero-order valence-electron chi connectivity index (χ0n) is 17.2. The average molecular weight is 421 g/mol. The molecule has 0 radical (unpaired) electrons. The second-order valence-corrected chi connectivity index (χ2v) is 6.99. The van der Waals surface area contributed by atoms with E-state index in [9.17, 15) is 9.90 Å². The van der Waals surface area contributed by atoms with Crippen LogP contribution in [0.25, 0.3) is 0 Å². The fourth-order valence-corrected chi connectivity index (χ4v) is 3.47. The minimum atomic E-state index is -0.949. The summed E-state index contributed by atoms with van der Waals surface area (Å²) in [5.41, 5.74) is 7.09. The molecule has 6 heteroatoms. The van der Waals surface area contributed by atoms with Gasteiger partial charge in [0.2, 0.25) is 0 Å². The predicted octanol–water partition coefficient (Wildman–Crippen LogP) is 3.47. The van der Waals surface area contributed by atoms with Crippen LogP contribution in [0.1, 0.15) is 16.7 Å². The van der Waals surface area contributed by atoms with E-state index in [4.69, 9.17) is 15.2 Å². The summed E-state index contributed by atoms with van der Waals surface area (Å²) in [4.78, 5) is 10.6. The number of rotatable bonds is 11. The van der Waals surface area contributed by atoms with E-state index in [1.807, 2.05) is 91.0 Å². The first kappa shape index (κ1) is 22.5. The molecule has 1 amide bonds. The van der Waals surface area contributed by atoms with E-state index >= 15 is 0 Å². The van der Waals surface area contributed by atoms with Gasteiger partial charge in [-0.25, -0.2) is 4.79 Å². The molecule has 0 aliphatic heterocycles. The van der Waals surface area contributed by atoms with Crippen LogP contribution in [0.4, 0.5) is 4.79 Å². The number of hydrogen-bond donors (Lipinski definition) is 2. The van der Waals surface area contributed by atoms with Gasteiger partial charge < -0.3 is 25.1 Å². The smallest absolute Gasteiger partial charge is 0.404 e. The predicted molar refractivity (Wildman–Crippen MR) is 118 cm³/mol. The zero-order valence-corrected chi connectivity index (χ0v) is 17.2. The first-order chi connectivity index (χ1) is 15.1. The Morgan fingerprint density at radius 2 is 1.23 bits per heavy atom. The van der Waals surface area contributed by atoms with Crippen LogP contribution >= 0.6 is 0 Å². The third kappa shape index (κ3) is 5.92. The van der Waals surface area contributed by atoms with Crippen molar-refractivity contribution in [3.8, 4) is 0 Å². The van der Waals surface area contributed by atoms with Gasteiger partial charge in [-0.1, -0.05) is 91.0 Å². The van der Waals surface area contributed by atoms with Crippen molar-refractivity contribution in [3.63, 3.8) is 0 Å². The summed E-state index contributed by atoms with van der Waals surface area (Å²) in [5, 5.41) is 9.79. The lowest BCUT2D eigenvalue weighted by atomic mass is 9.80. The van der Waals surface area contributed by atoms with Crippen molar-refractivity contribution in [3.05, 3.63) is 108 Å². The van der Waals surface area contributed by atoms with Crippen molar-refractivity contribution >= 4 is 6.09 Å². The van der Waals surface area contributed by atoms with Crippen LogP contribution in [0, 0.1) is 0 Å². The largest absolute Gasteiger partial charge is 0.447 e. The summed E-state index contributed by atoms with van der Waals surface area (Å²) < 4.78 is 16.6. The normalized spacial score (nSPS) is 12.3. The molecule has 162 valence electrons. The molecular weight excluding hydrogens is 394 g/mol.